The summed E-state index contributed by atoms with van der Waals surface area (Å²) in [5, 5.41) is 0. The number of quaternary nitrogens is 1. The number of aromatic nitrogens is 1. The van der Waals surface area contributed by atoms with E-state index in [1.54, 1.807) is 12.3 Å². The maximum absolute atomic E-state index is 11.6. The van der Waals surface area contributed by atoms with Crippen molar-refractivity contribution >= 4 is 5.97 Å². The average molecular weight is 224 g/mol. The van der Waals surface area contributed by atoms with Gasteiger partial charge in [-0.05, 0) is 6.07 Å². The van der Waals surface area contributed by atoms with Crippen molar-refractivity contribution in [1.82, 2.24) is 0 Å². The Kier molecular flexibility index (Phi) is 4.01. The van der Waals surface area contributed by atoms with Gasteiger partial charge in [-0.3, -0.25) is 0 Å². The van der Waals surface area contributed by atoms with Crippen LogP contribution in [0.3, 0.4) is 0 Å². The molecule has 0 N–H and O–H groups in total. The molecule has 1 aromatic rings. The van der Waals surface area contributed by atoms with Gasteiger partial charge in [-0.1, -0.05) is 0 Å². The van der Waals surface area contributed by atoms with E-state index in [1.165, 1.54) is 0 Å². The average Bonchev–Trinajstić information content (AvgIpc) is 2.15. The largest absolute Gasteiger partial charge is 0.456 e. The summed E-state index contributed by atoms with van der Waals surface area (Å²) in [6, 6.07) is 3.59. The molecule has 1 rings (SSSR count). The molecule has 0 amide bonds. The van der Waals surface area contributed by atoms with Crippen molar-refractivity contribution in [3.05, 3.63) is 30.1 Å². The van der Waals surface area contributed by atoms with Crippen LogP contribution in [0.15, 0.2) is 24.5 Å². The molecule has 0 bridgehead atoms. The zero-order valence-electron chi connectivity index (χ0n) is 10.4. The number of esters is 1. The van der Waals surface area contributed by atoms with Gasteiger partial charge in [0.15, 0.2) is 12.4 Å². The second-order valence-corrected chi connectivity index (χ2v) is 4.91. The van der Waals surface area contributed by atoms with Gasteiger partial charge < -0.3 is 9.22 Å². The van der Waals surface area contributed by atoms with E-state index in [-0.39, 0.29) is 5.97 Å². The third-order valence-corrected chi connectivity index (χ3v) is 2.17. The number of ether oxygens (including phenoxy) is 1. The number of rotatable bonds is 4. The van der Waals surface area contributed by atoms with E-state index < -0.39 is 0 Å². The lowest BCUT2D eigenvalue weighted by atomic mass is 10.3. The molecule has 0 aliphatic rings. The van der Waals surface area contributed by atoms with E-state index in [4.69, 9.17) is 4.74 Å². The van der Waals surface area contributed by atoms with Crippen LogP contribution in [0, 0.1) is 0 Å². The molecule has 0 atom stereocenters. The van der Waals surface area contributed by atoms with Crippen LogP contribution >= 0.6 is 0 Å². The summed E-state index contributed by atoms with van der Waals surface area (Å²) in [7, 11) is 8.08. The van der Waals surface area contributed by atoms with E-state index in [2.05, 4.69) is 21.1 Å². The summed E-state index contributed by atoms with van der Waals surface area (Å²) in [5.74, 6) is -0.260. The minimum absolute atomic E-state index is 0.260. The number of carbonyl (C=O) groups excluding carboxylic acids is 1. The fourth-order valence-electron chi connectivity index (χ4n) is 1.20. The summed E-state index contributed by atoms with van der Waals surface area (Å²) in [4.78, 5) is 11.6. The van der Waals surface area contributed by atoms with Crippen molar-refractivity contribution in [3.8, 4) is 0 Å². The standard InChI is InChI=1S/C12H20N2O2/c1-13-7-5-6-11(10-13)12(15)16-9-8-14(2,3)4/h5-7,10H,8-9H2,1-4H3/q+2. The highest BCUT2D eigenvalue weighted by Crippen LogP contribution is 1.98. The molecule has 1 heterocycles. The number of nitrogens with zero attached hydrogens (tertiary/aromatic N) is 2. The van der Waals surface area contributed by atoms with Crippen LogP contribution in [0.4, 0.5) is 0 Å². The highest BCUT2D eigenvalue weighted by atomic mass is 16.5. The Morgan fingerprint density at radius 1 is 1.44 bits per heavy atom. The second kappa shape index (κ2) is 5.07. The lowest BCUT2D eigenvalue weighted by molar-refractivity contribution is -0.870. The first-order valence-corrected chi connectivity index (χ1v) is 5.31. The first-order chi connectivity index (χ1) is 7.38. The second-order valence-electron chi connectivity index (χ2n) is 4.91. The summed E-state index contributed by atoms with van der Waals surface area (Å²) in [6.45, 7) is 1.26. The molecule has 1 aromatic heterocycles. The van der Waals surface area contributed by atoms with Crippen molar-refractivity contribution in [2.45, 2.75) is 0 Å². The fourth-order valence-corrected chi connectivity index (χ4v) is 1.20. The van der Waals surface area contributed by atoms with Gasteiger partial charge in [0.2, 0.25) is 0 Å². The predicted molar refractivity (Wildman–Crippen MR) is 60.8 cm³/mol. The number of aryl methyl sites for hydroxylation is 1. The van der Waals surface area contributed by atoms with Gasteiger partial charge in [-0.15, -0.1) is 0 Å². The molecular formula is C12H20N2O2+2. The Bertz CT molecular complexity index is 370. The molecule has 0 aliphatic carbocycles. The molecule has 0 spiro atoms. The van der Waals surface area contributed by atoms with Gasteiger partial charge in [0.05, 0.1) is 21.1 Å². The molecule has 0 unspecified atom stereocenters. The Morgan fingerprint density at radius 3 is 2.69 bits per heavy atom. The lowest BCUT2D eigenvalue weighted by Crippen LogP contribution is -2.38. The van der Waals surface area contributed by atoms with Gasteiger partial charge in [-0.2, -0.15) is 0 Å². The molecule has 4 nitrogen and oxygen atoms in total. The van der Waals surface area contributed by atoms with Gasteiger partial charge in [0, 0.05) is 6.07 Å². The van der Waals surface area contributed by atoms with Crippen LogP contribution in [0.2, 0.25) is 0 Å². The molecule has 0 radical (unpaired) electrons. The van der Waals surface area contributed by atoms with Crippen LogP contribution in [-0.2, 0) is 11.8 Å². The minimum atomic E-state index is -0.260. The van der Waals surface area contributed by atoms with Crippen LogP contribution in [0.25, 0.3) is 0 Å². The van der Waals surface area contributed by atoms with Crippen molar-refractivity contribution in [2.24, 2.45) is 7.05 Å². The molecule has 0 fully saturated rings. The first-order valence-electron chi connectivity index (χ1n) is 5.31. The van der Waals surface area contributed by atoms with Crippen molar-refractivity contribution in [1.29, 1.82) is 0 Å². The zero-order chi connectivity index (χ0) is 12.2. The molecule has 0 aliphatic heterocycles. The van der Waals surface area contributed by atoms with Crippen LogP contribution < -0.4 is 4.57 Å². The number of carbonyl (C=O) groups is 1. The molecule has 4 heteroatoms. The molecule has 16 heavy (non-hydrogen) atoms. The third-order valence-electron chi connectivity index (χ3n) is 2.17. The Hall–Kier alpha value is -1.42. The van der Waals surface area contributed by atoms with Crippen LogP contribution in [-0.4, -0.2) is 44.7 Å². The van der Waals surface area contributed by atoms with Crippen LogP contribution in [0.5, 0.6) is 0 Å². The summed E-state index contributed by atoms with van der Waals surface area (Å²) < 4.78 is 7.81. The first kappa shape index (κ1) is 12.6. The van der Waals surface area contributed by atoms with E-state index in [0.717, 1.165) is 11.0 Å². The SMILES string of the molecule is C[n+]1cccc(C(=O)OCC[N+](C)(C)C)c1. The molecule has 0 aromatic carbocycles. The lowest BCUT2D eigenvalue weighted by Gasteiger charge is -2.23. The third kappa shape index (κ3) is 4.40. The molecular weight excluding hydrogens is 204 g/mol. The topological polar surface area (TPSA) is 30.2 Å². The van der Waals surface area contributed by atoms with E-state index >= 15 is 0 Å². The van der Waals surface area contributed by atoms with Gasteiger partial charge >= 0.3 is 5.97 Å². The van der Waals surface area contributed by atoms with Crippen molar-refractivity contribution < 1.29 is 18.6 Å². The minimum Gasteiger partial charge on any atom is -0.456 e. The highest BCUT2D eigenvalue weighted by Gasteiger charge is 2.13. The molecule has 0 saturated carbocycles. The smallest absolute Gasteiger partial charge is 0.344 e. The molecule has 88 valence electrons. The number of pyridine rings is 1. The van der Waals surface area contributed by atoms with Gasteiger partial charge in [-0.25, -0.2) is 9.36 Å². The fraction of sp³-hybridized carbons (Fsp3) is 0.500. The monoisotopic (exact) mass is 224 g/mol. The van der Waals surface area contributed by atoms with E-state index in [9.17, 15) is 4.79 Å². The zero-order valence-corrected chi connectivity index (χ0v) is 10.4. The predicted octanol–water partition coefficient (Wildman–Crippen LogP) is 0.374. The van der Waals surface area contributed by atoms with Crippen molar-refractivity contribution in [2.75, 3.05) is 34.3 Å². The number of hydrogen-bond acceptors (Lipinski definition) is 2. The van der Waals surface area contributed by atoms with Gasteiger partial charge in [0.25, 0.3) is 0 Å². The van der Waals surface area contributed by atoms with Gasteiger partial charge in [0.1, 0.15) is 25.8 Å². The normalized spacial score (nSPS) is 11.2. The van der Waals surface area contributed by atoms with E-state index in [1.807, 2.05) is 23.9 Å². The number of hydrogen-bond donors (Lipinski definition) is 0. The maximum atomic E-state index is 11.6. The highest BCUT2D eigenvalue weighted by molar-refractivity contribution is 5.88. The van der Waals surface area contributed by atoms with E-state index in [0.29, 0.717) is 12.2 Å². The summed E-state index contributed by atoms with van der Waals surface area (Å²) in [5.41, 5.74) is 0.589. The Balaban J connectivity index is 2.47. The molecule has 0 saturated heterocycles. The maximum Gasteiger partial charge on any atom is 0.344 e. The summed E-state index contributed by atoms with van der Waals surface area (Å²) >= 11 is 0. The Morgan fingerprint density at radius 2 is 2.12 bits per heavy atom. The van der Waals surface area contributed by atoms with Crippen molar-refractivity contribution in [3.63, 3.8) is 0 Å². The quantitative estimate of drug-likeness (QED) is 0.420. The number of likely N-dealkylation sites (N-methyl/N-ethyl adjacent to an activating group) is 1. The van der Waals surface area contributed by atoms with Crippen LogP contribution in [0.1, 0.15) is 10.4 Å². The summed E-state index contributed by atoms with van der Waals surface area (Å²) in [6.07, 6.45) is 3.64. The Labute approximate surface area is 96.7 Å².